The number of pyridine rings is 2. The lowest BCUT2D eigenvalue weighted by Crippen LogP contribution is -2.06. The lowest BCUT2D eigenvalue weighted by Gasteiger charge is -2.03. The molecule has 3 aromatic rings. The van der Waals surface area contributed by atoms with Gasteiger partial charge >= 0.3 is 0 Å². The van der Waals surface area contributed by atoms with Crippen LogP contribution in [0, 0.1) is 5.82 Å². The molecule has 0 atom stereocenters. The summed E-state index contributed by atoms with van der Waals surface area (Å²) in [4.78, 5) is 8.55. The van der Waals surface area contributed by atoms with Crippen molar-refractivity contribution < 1.29 is 4.39 Å². The number of hydrogen-bond acceptors (Lipinski definition) is 3. The number of nitrogens with two attached hydrogens (primary N) is 1. The molecule has 0 saturated carbocycles. The standard InChI is InChI=1S/C14H13FN4/c15-11-1-2-13-18-14(10-4-7-17-8-5-10)12(3-6-16)19(13)9-11/h1-2,4-5,7-9H,3,6,16H2. The first-order chi connectivity index (χ1) is 9.29. The Hall–Kier alpha value is -2.27. The SMILES string of the molecule is NCCc1c(-c2ccncc2)nc2ccc(F)cn12. The summed E-state index contributed by atoms with van der Waals surface area (Å²) in [6, 6.07) is 6.85. The largest absolute Gasteiger partial charge is 0.330 e. The topological polar surface area (TPSA) is 56.2 Å². The van der Waals surface area contributed by atoms with E-state index in [0.29, 0.717) is 13.0 Å². The summed E-state index contributed by atoms with van der Waals surface area (Å²) < 4.78 is 15.1. The van der Waals surface area contributed by atoms with Crippen LogP contribution in [-0.2, 0) is 6.42 Å². The van der Waals surface area contributed by atoms with Crippen LogP contribution in [0.2, 0.25) is 0 Å². The van der Waals surface area contributed by atoms with E-state index in [-0.39, 0.29) is 5.82 Å². The van der Waals surface area contributed by atoms with Crippen molar-refractivity contribution in [3.63, 3.8) is 0 Å². The van der Waals surface area contributed by atoms with Crippen LogP contribution in [0.4, 0.5) is 4.39 Å². The molecule has 19 heavy (non-hydrogen) atoms. The molecule has 3 aromatic heterocycles. The van der Waals surface area contributed by atoms with E-state index in [9.17, 15) is 4.39 Å². The second kappa shape index (κ2) is 4.78. The Labute approximate surface area is 109 Å². The highest BCUT2D eigenvalue weighted by Gasteiger charge is 2.13. The summed E-state index contributed by atoms with van der Waals surface area (Å²) in [5.74, 6) is -0.288. The van der Waals surface area contributed by atoms with E-state index in [4.69, 9.17) is 5.73 Å². The first-order valence-electron chi connectivity index (χ1n) is 6.06. The Morgan fingerprint density at radius 1 is 1.16 bits per heavy atom. The lowest BCUT2D eigenvalue weighted by atomic mass is 10.1. The maximum atomic E-state index is 13.4. The molecule has 0 radical (unpaired) electrons. The van der Waals surface area contributed by atoms with Crippen LogP contribution >= 0.6 is 0 Å². The molecule has 0 amide bonds. The van der Waals surface area contributed by atoms with Crippen molar-refractivity contribution in [3.8, 4) is 11.3 Å². The molecular formula is C14H13FN4. The minimum Gasteiger partial charge on any atom is -0.330 e. The van der Waals surface area contributed by atoms with Crippen LogP contribution in [0.5, 0.6) is 0 Å². The third kappa shape index (κ3) is 2.08. The summed E-state index contributed by atoms with van der Waals surface area (Å²) in [5, 5.41) is 0. The Bertz CT molecular complexity index is 706. The van der Waals surface area contributed by atoms with Crippen molar-refractivity contribution in [3.05, 3.63) is 54.4 Å². The predicted molar refractivity (Wildman–Crippen MR) is 71.1 cm³/mol. The molecule has 0 fully saturated rings. The summed E-state index contributed by atoms with van der Waals surface area (Å²) in [7, 11) is 0. The number of imidazole rings is 1. The maximum absolute atomic E-state index is 13.4. The Balaban J connectivity index is 2.26. The van der Waals surface area contributed by atoms with Crippen LogP contribution in [0.15, 0.2) is 42.9 Å². The van der Waals surface area contributed by atoms with Crippen molar-refractivity contribution in [2.24, 2.45) is 5.73 Å². The number of hydrogen-bond donors (Lipinski definition) is 1. The van der Waals surface area contributed by atoms with E-state index in [1.165, 1.54) is 12.3 Å². The average molecular weight is 256 g/mol. The van der Waals surface area contributed by atoms with Gasteiger partial charge in [0.2, 0.25) is 0 Å². The zero-order chi connectivity index (χ0) is 13.2. The fraction of sp³-hybridized carbons (Fsp3) is 0.143. The quantitative estimate of drug-likeness (QED) is 0.780. The van der Waals surface area contributed by atoms with Gasteiger partial charge in [0.1, 0.15) is 11.5 Å². The molecule has 0 bridgehead atoms. The number of halogens is 1. The highest BCUT2D eigenvalue weighted by Crippen LogP contribution is 2.24. The van der Waals surface area contributed by atoms with Crippen LogP contribution in [0.25, 0.3) is 16.9 Å². The predicted octanol–water partition coefficient (Wildman–Crippen LogP) is 2.04. The van der Waals surface area contributed by atoms with Crippen LogP contribution in [-0.4, -0.2) is 20.9 Å². The van der Waals surface area contributed by atoms with Gasteiger partial charge in [0.25, 0.3) is 0 Å². The van der Waals surface area contributed by atoms with E-state index in [0.717, 1.165) is 22.6 Å². The first-order valence-corrected chi connectivity index (χ1v) is 6.06. The summed E-state index contributed by atoms with van der Waals surface area (Å²) in [6.07, 6.45) is 5.51. The molecule has 0 aromatic carbocycles. The molecule has 2 N–H and O–H groups in total. The van der Waals surface area contributed by atoms with Gasteiger partial charge in [-0.3, -0.25) is 4.98 Å². The van der Waals surface area contributed by atoms with Gasteiger partial charge in [-0.2, -0.15) is 0 Å². The van der Waals surface area contributed by atoms with Crippen LogP contribution < -0.4 is 5.73 Å². The fourth-order valence-electron chi connectivity index (χ4n) is 2.18. The van der Waals surface area contributed by atoms with Crippen molar-refractivity contribution in [1.29, 1.82) is 0 Å². The first kappa shape index (κ1) is 11.8. The van der Waals surface area contributed by atoms with E-state index in [2.05, 4.69) is 9.97 Å². The van der Waals surface area contributed by atoms with Gasteiger partial charge in [0.05, 0.1) is 11.4 Å². The summed E-state index contributed by atoms with van der Waals surface area (Å²) in [5.41, 5.74) is 9.08. The van der Waals surface area contributed by atoms with Gasteiger partial charge in [-0.1, -0.05) is 0 Å². The van der Waals surface area contributed by atoms with Gasteiger partial charge in [-0.25, -0.2) is 9.37 Å². The number of nitrogens with zero attached hydrogens (tertiary/aromatic N) is 3. The Morgan fingerprint density at radius 3 is 2.68 bits per heavy atom. The molecule has 96 valence electrons. The van der Waals surface area contributed by atoms with Gasteiger partial charge in [-0.15, -0.1) is 0 Å². The minimum atomic E-state index is -0.288. The molecule has 5 heteroatoms. The number of rotatable bonds is 3. The van der Waals surface area contributed by atoms with Crippen molar-refractivity contribution in [2.45, 2.75) is 6.42 Å². The second-order valence-corrected chi connectivity index (χ2v) is 4.26. The average Bonchev–Trinajstić information content (AvgIpc) is 2.79. The molecule has 3 heterocycles. The van der Waals surface area contributed by atoms with E-state index >= 15 is 0 Å². The molecule has 0 aliphatic carbocycles. The van der Waals surface area contributed by atoms with E-state index < -0.39 is 0 Å². The van der Waals surface area contributed by atoms with Gasteiger partial charge in [0, 0.05) is 30.6 Å². The van der Waals surface area contributed by atoms with Crippen molar-refractivity contribution >= 4 is 5.65 Å². The monoisotopic (exact) mass is 256 g/mol. The van der Waals surface area contributed by atoms with E-state index in [1.54, 1.807) is 22.9 Å². The molecule has 0 aliphatic heterocycles. The lowest BCUT2D eigenvalue weighted by molar-refractivity contribution is 0.617. The molecule has 0 spiro atoms. The molecule has 4 nitrogen and oxygen atoms in total. The number of aromatic nitrogens is 3. The smallest absolute Gasteiger partial charge is 0.139 e. The number of fused-ring (bicyclic) bond motifs is 1. The fourth-order valence-corrected chi connectivity index (χ4v) is 2.18. The molecular weight excluding hydrogens is 243 g/mol. The zero-order valence-electron chi connectivity index (χ0n) is 10.3. The normalized spacial score (nSPS) is 11.1. The molecule has 0 aliphatic rings. The summed E-state index contributed by atoms with van der Waals surface area (Å²) >= 11 is 0. The third-order valence-corrected chi connectivity index (χ3v) is 3.02. The second-order valence-electron chi connectivity index (χ2n) is 4.26. The van der Waals surface area contributed by atoms with Gasteiger partial charge in [0.15, 0.2) is 0 Å². The van der Waals surface area contributed by atoms with Crippen LogP contribution in [0.1, 0.15) is 5.69 Å². The summed E-state index contributed by atoms with van der Waals surface area (Å²) in [6.45, 7) is 0.488. The van der Waals surface area contributed by atoms with Crippen molar-refractivity contribution in [2.75, 3.05) is 6.54 Å². The maximum Gasteiger partial charge on any atom is 0.139 e. The van der Waals surface area contributed by atoms with Gasteiger partial charge < -0.3 is 10.1 Å². The third-order valence-electron chi connectivity index (χ3n) is 3.02. The molecule has 0 unspecified atom stereocenters. The minimum absolute atomic E-state index is 0.288. The van der Waals surface area contributed by atoms with Crippen LogP contribution in [0.3, 0.4) is 0 Å². The van der Waals surface area contributed by atoms with Gasteiger partial charge in [-0.05, 0) is 30.8 Å². The zero-order valence-corrected chi connectivity index (χ0v) is 10.3. The Morgan fingerprint density at radius 2 is 1.95 bits per heavy atom. The van der Waals surface area contributed by atoms with Crippen molar-refractivity contribution in [1.82, 2.24) is 14.4 Å². The highest BCUT2D eigenvalue weighted by molar-refractivity contribution is 5.66. The molecule has 3 rings (SSSR count). The highest BCUT2D eigenvalue weighted by atomic mass is 19.1. The Kier molecular flexibility index (Phi) is 2.97. The molecule has 0 saturated heterocycles. The van der Waals surface area contributed by atoms with E-state index in [1.807, 2.05) is 12.1 Å².